The van der Waals surface area contributed by atoms with Crippen LogP contribution in [0.5, 0.6) is 0 Å². The van der Waals surface area contributed by atoms with E-state index in [-0.39, 0.29) is 6.09 Å². The first-order valence-corrected chi connectivity index (χ1v) is 4.18. The molecular formula is C9H16N2O2. The summed E-state index contributed by atoms with van der Waals surface area (Å²) >= 11 is 0. The molecule has 1 amide bonds. The topological polar surface area (TPSA) is 41.6 Å². The molecule has 0 fully saturated rings. The molecular weight excluding hydrogens is 168 g/mol. The van der Waals surface area contributed by atoms with E-state index >= 15 is 0 Å². The molecule has 0 heterocycles. The molecule has 0 bridgehead atoms. The third kappa shape index (κ3) is 6.00. The number of carbonyl (C=O) groups is 1. The summed E-state index contributed by atoms with van der Waals surface area (Å²) in [5, 5.41) is 2.94. The minimum atomic E-state index is -0.328. The second kappa shape index (κ2) is 7.44. The number of ether oxygens (including phenoxy) is 1. The highest BCUT2D eigenvalue weighted by molar-refractivity contribution is 5.67. The minimum Gasteiger partial charge on any atom is -0.448 e. The minimum absolute atomic E-state index is 0.291. The molecule has 0 rings (SSSR count). The second-order valence-electron chi connectivity index (χ2n) is 2.59. The fraction of sp³-hybridized carbons (Fsp3) is 0.667. The Morgan fingerprint density at radius 2 is 2.38 bits per heavy atom. The SMILES string of the molecule is C#CCCOC(=O)N(C)CCNC. The smallest absolute Gasteiger partial charge is 0.409 e. The van der Waals surface area contributed by atoms with Crippen LogP contribution < -0.4 is 5.32 Å². The van der Waals surface area contributed by atoms with E-state index in [9.17, 15) is 4.79 Å². The van der Waals surface area contributed by atoms with Crippen molar-refractivity contribution in [3.63, 3.8) is 0 Å². The van der Waals surface area contributed by atoms with E-state index in [1.54, 1.807) is 7.05 Å². The summed E-state index contributed by atoms with van der Waals surface area (Å²) in [5.74, 6) is 2.40. The molecule has 0 spiro atoms. The molecule has 0 aromatic carbocycles. The molecule has 1 N–H and O–H groups in total. The Hall–Kier alpha value is -1.21. The van der Waals surface area contributed by atoms with Crippen molar-refractivity contribution in [3.05, 3.63) is 0 Å². The molecule has 0 aromatic rings. The summed E-state index contributed by atoms with van der Waals surface area (Å²) in [5.41, 5.74) is 0. The van der Waals surface area contributed by atoms with E-state index in [0.29, 0.717) is 19.6 Å². The number of amides is 1. The zero-order valence-electron chi connectivity index (χ0n) is 8.17. The summed E-state index contributed by atoms with van der Waals surface area (Å²) in [4.78, 5) is 12.6. The van der Waals surface area contributed by atoms with Gasteiger partial charge in [0, 0.05) is 26.6 Å². The fourth-order valence-corrected chi connectivity index (χ4v) is 0.678. The van der Waals surface area contributed by atoms with Crippen LogP contribution in [0.2, 0.25) is 0 Å². The number of carbonyl (C=O) groups excluding carboxylic acids is 1. The van der Waals surface area contributed by atoms with E-state index in [1.807, 2.05) is 7.05 Å². The second-order valence-corrected chi connectivity index (χ2v) is 2.59. The lowest BCUT2D eigenvalue weighted by atomic mass is 10.5. The van der Waals surface area contributed by atoms with Crippen molar-refractivity contribution < 1.29 is 9.53 Å². The van der Waals surface area contributed by atoms with Crippen molar-refractivity contribution in [1.29, 1.82) is 0 Å². The highest BCUT2D eigenvalue weighted by Crippen LogP contribution is 1.90. The van der Waals surface area contributed by atoms with Gasteiger partial charge in [-0.2, -0.15) is 0 Å². The molecule has 0 unspecified atom stereocenters. The standard InChI is InChI=1S/C9H16N2O2/c1-4-5-8-13-9(12)11(3)7-6-10-2/h1,10H,5-8H2,2-3H3. The van der Waals surface area contributed by atoms with Crippen molar-refractivity contribution in [2.24, 2.45) is 0 Å². The summed E-state index contributed by atoms with van der Waals surface area (Å²) in [7, 11) is 3.52. The van der Waals surface area contributed by atoms with Gasteiger partial charge in [-0.3, -0.25) is 0 Å². The fourth-order valence-electron chi connectivity index (χ4n) is 0.678. The molecule has 0 aliphatic heterocycles. The average molecular weight is 184 g/mol. The highest BCUT2D eigenvalue weighted by Gasteiger charge is 2.07. The molecule has 4 heteroatoms. The zero-order chi connectivity index (χ0) is 10.1. The van der Waals surface area contributed by atoms with Gasteiger partial charge in [0.05, 0.1) is 0 Å². The summed E-state index contributed by atoms with van der Waals surface area (Å²) in [6.45, 7) is 1.67. The predicted octanol–water partition coefficient (Wildman–Crippen LogP) is 0.297. The van der Waals surface area contributed by atoms with Crippen molar-refractivity contribution in [2.75, 3.05) is 33.8 Å². The summed E-state index contributed by atoms with van der Waals surface area (Å²) < 4.78 is 4.86. The quantitative estimate of drug-likeness (QED) is 0.493. The van der Waals surface area contributed by atoms with Crippen LogP contribution in [-0.2, 0) is 4.74 Å². The lowest BCUT2D eigenvalue weighted by molar-refractivity contribution is 0.113. The first-order chi connectivity index (χ1) is 6.22. The van der Waals surface area contributed by atoms with Gasteiger partial charge >= 0.3 is 6.09 Å². The summed E-state index contributed by atoms with van der Waals surface area (Å²) in [6, 6.07) is 0. The Morgan fingerprint density at radius 3 is 2.92 bits per heavy atom. The molecule has 0 saturated carbocycles. The number of nitrogens with zero attached hydrogens (tertiary/aromatic N) is 1. The van der Waals surface area contributed by atoms with Gasteiger partial charge in [-0.25, -0.2) is 4.79 Å². The molecule has 0 aromatic heterocycles. The Balaban J connectivity index is 3.52. The predicted molar refractivity (Wildman–Crippen MR) is 51.4 cm³/mol. The number of hydrogen-bond acceptors (Lipinski definition) is 3. The van der Waals surface area contributed by atoms with Crippen LogP contribution in [0.4, 0.5) is 4.79 Å². The van der Waals surface area contributed by atoms with Crippen LogP contribution in [0.1, 0.15) is 6.42 Å². The van der Waals surface area contributed by atoms with Gasteiger partial charge in [0.2, 0.25) is 0 Å². The zero-order valence-corrected chi connectivity index (χ0v) is 8.17. The van der Waals surface area contributed by atoms with E-state index in [4.69, 9.17) is 11.2 Å². The first kappa shape index (κ1) is 11.8. The number of terminal acetylenes is 1. The van der Waals surface area contributed by atoms with Crippen LogP contribution in [0.3, 0.4) is 0 Å². The van der Waals surface area contributed by atoms with E-state index in [0.717, 1.165) is 6.54 Å². The van der Waals surface area contributed by atoms with Gasteiger partial charge in [-0.1, -0.05) is 0 Å². The molecule has 0 aliphatic rings. The van der Waals surface area contributed by atoms with Crippen LogP contribution >= 0.6 is 0 Å². The Morgan fingerprint density at radius 1 is 1.69 bits per heavy atom. The van der Waals surface area contributed by atoms with Gasteiger partial charge in [0.1, 0.15) is 6.61 Å². The maximum absolute atomic E-state index is 11.1. The van der Waals surface area contributed by atoms with Gasteiger partial charge in [-0.05, 0) is 7.05 Å². The van der Waals surface area contributed by atoms with Gasteiger partial charge < -0.3 is 15.0 Å². The lowest BCUT2D eigenvalue weighted by Gasteiger charge is -2.15. The van der Waals surface area contributed by atoms with Crippen LogP contribution in [-0.4, -0.2) is 44.8 Å². The highest BCUT2D eigenvalue weighted by atomic mass is 16.6. The first-order valence-electron chi connectivity index (χ1n) is 4.18. The van der Waals surface area contributed by atoms with Crippen molar-refractivity contribution in [1.82, 2.24) is 10.2 Å². The van der Waals surface area contributed by atoms with Crippen LogP contribution in [0.25, 0.3) is 0 Å². The summed E-state index contributed by atoms with van der Waals surface area (Å²) in [6.07, 6.45) is 5.14. The van der Waals surface area contributed by atoms with Crippen molar-refractivity contribution in [2.45, 2.75) is 6.42 Å². The van der Waals surface area contributed by atoms with Crippen molar-refractivity contribution >= 4 is 6.09 Å². The van der Waals surface area contributed by atoms with E-state index < -0.39 is 0 Å². The molecule has 0 radical (unpaired) electrons. The molecule has 13 heavy (non-hydrogen) atoms. The molecule has 0 saturated heterocycles. The van der Waals surface area contributed by atoms with E-state index in [2.05, 4.69) is 11.2 Å². The monoisotopic (exact) mass is 184 g/mol. The maximum Gasteiger partial charge on any atom is 0.409 e. The number of nitrogens with one attached hydrogen (secondary N) is 1. The Kier molecular flexibility index (Phi) is 6.75. The van der Waals surface area contributed by atoms with Gasteiger partial charge in [0.15, 0.2) is 0 Å². The van der Waals surface area contributed by atoms with Gasteiger partial charge in [-0.15, -0.1) is 12.3 Å². The Labute approximate surface area is 79.2 Å². The van der Waals surface area contributed by atoms with E-state index in [1.165, 1.54) is 4.90 Å². The van der Waals surface area contributed by atoms with Crippen LogP contribution in [0, 0.1) is 12.3 Å². The third-order valence-electron chi connectivity index (χ3n) is 1.48. The number of hydrogen-bond donors (Lipinski definition) is 1. The van der Waals surface area contributed by atoms with Crippen LogP contribution in [0.15, 0.2) is 0 Å². The number of likely N-dealkylation sites (N-methyl/N-ethyl adjacent to an activating group) is 2. The molecule has 4 nitrogen and oxygen atoms in total. The maximum atomic E-state index is 11.1. The third-order valence-corrected chi connectivity index (χ3v) is 1.48. The van der Waals surface area contributed by atoms with Gasteiger partial charge in [0.25, 0.3) is 0 Å². The molecule has 0 aliphatic carbocycles. The number of rotatable bonds is 5. The molecule has 74 valence electrons. The lowest BCUT2D eigenvalue weighted by Crippen LogP contribution is -2.33. The Bertz CT molecular complexity index is 187. The average Bonchev–Trinajstić information content (AvgIpc) is 2.14. The largest absolute Gasteiger partial charge is 0.448 e. The molecule has 0 atom stereocenters. The normalized spacial score (nSPS) is 9.00. The van der Waals surface area contributed by atoms with Crippen molar-refractivity contribution in [3.8, 4) is 12.3 Å².